The molecule has 3 fully saturated rings. The van der Waals surface area contributed by atoms with Gasteiger partial charge in [-0.3, -0.25) is 4.79 Å². The smallest absolute Gasteiger partial charge is 0.223 e. The number of ether oxygens (including phenoxy) is 1. The molecule has 4 nitrogen and oxygen atoms in total. The van der Waals surface area contributed by atoms with Gasteiger partial charge in [0.15, 0.2) is 0 Å². The fraction of sp³-hybridized carbons (Fsp3) is 0.923. The van der Waals surface area contributed by atoms with E-state index in [4.69, 9.17) is 4.74 Å². The predicted molar refractivity (Wildman–Crippen MR) is 64.7 cm³/mol. The van der Waals surface area contributed by atoms with Gasteiger partial charge >= 0.3 is 0 Å². The number of rotatable bonds is 2. The summed E-state index contributed by atoms with van der Waals surface area (Å²) >= 11 is 0. The minimum atomic E-state index is 0.279. The largest absolute Gasteiger partial charge is 0.376 e. The van der Waals surface area contributed by atoms with Gasteiger partial charge in [-0.05, 0) is 44.2 Å². The van der Waals surface area contributed by atoms with E-state index < -0.39 is 0 Å². The van der Waals surface area contributed by atoms with Gasteiger partial charge in [-0.25, -0.2) is 0 Å². The van der Waals surface area contributed by atoms with Crippen molar-refractivity contribution in [1.29, 1.82) is 0 Å². The summed E-state index contributed by atoms with van der Waals surface area (Å²) < 4.78 is 5.63. The summed E-state index contributed by atoms with van der Waals surface area (Å²) in [6.07, 6.45) is 5.65. The van der Waals surface area contributed by atoms with Crippen LogP contribution in [0.25, 0.3) is 0 Å². The van der Waals surface area contributed by atoms with Crippen LogP contribution in [0.3, 0.4) is 0 Å². The standard InChI is InChI=1S/C13H22N2O2/c16-12-8-13(3-5-14-6-4-13)10-15(12)9-11-2-1-7-17-11/h11,14H,1-10H2/t11-/m0/s1. The first-order valence-corrected chi connectivity index (χ1v) is 6.88. The van der Waals surface area contributed by atoms with E-state index in [1.807, 2.05) is 0 Å². The second-order valence-electron chi connectivity index (χ2n) is 5.84. The predicted octanol–water partition coefficient (Wildman–Crippen LogP) is 0.767. The first-order chi connectivity index (χ1) is 8.27. The van der Waals surface area contributed by atoms with E-state index in [0.29, 0.717) is 12.0 Å². The summed E-state index contributed by atoms with van der Waals surface area (Å²) in [4.78, 5) is 14.1. The van der Waals surface area contributed by atoms with E-state index >= 15 is 0 Å². The average Bonchev–Trinajstić information content (AvgIpc) is 2.91. The van der Waals surface area contributed by atoms with Crippen LogP contribution >= 0.6 is 0 Å². The summed E-state index contributed by atoms with van der Waals surface area (Å²) in [7, 11) is 0. The van der Waals surface area contributed by atoms with Crippen molar-refractivity contribution in [1.82, 2.24) is 10.2 Å². The van der Waals surface area contributed by atoms with E-state index in [1.54, 1.807) is 0 Å². The van der Waals surface area contributed by atoms with Crippen LogP contribution in [0.4, 0.5) is 0 Å². The third-order valence-corrected chi connectivity index (χ3v) is 4.52. The monoisotopic (exact) mass is 238 g/mol. The van der Waals surface area contributed by atoms with Crippen molar-refractivity contribution in [2.45, 2.75) is 38.2 Å². The van der Waals surface area contributed by atoms with Gasteiger partial charge < -0.3 is 15.0 Å². The molecular weight excluding hydrogens is 216 g/mol. The molecule has 3 heterocycles. The van der Waals surface area contributed by atoms with Crippen LogP contribution < -0.4 is 5.32 Å². The third kappa shape index (κ3) is 2.33. The number of hydrogen-bond donors (Lipinski definition) is 1. The van der Waals surface area contributed by atoms with Gasteiger partial charge in [0.1, 0.15) is 0 Å². The van der Waals surface area contributed by atoms with Gasteiger partial charge in [0.05, 0.1) is 6.10 Å². The number of hydrogen-bond acceptors (Lipinski definition) is 3. The highest BCUT2D eigenvalue weighted by atomic mass is 16.5. The Labute approximate surface area is 103 Å². The average molecular weight is 238 g/mol. The highest BCUT2D eigenvalue weighted by Gasteiger charge is 2.44. The lowest BCUT2D eigenvalue weighted by atomic mass is 9.78. The molecule has 3 saturated heterocycles. The number of carbonyl (C=O) groups excluding carboxylic acids is 1. The Morgan fingerprint density at radius 2 is 2.24 bits per heavy atom. The van der Waals surface area contributed by atoms with Gasteiger partial charge in [-0.1, -0.05) is 0 Å². The molecule has 3 rings (SSSR count). The Morgan fingerprint density at radius 1 is 1.41 bits per heavy atom. The molecule has 0 aromatic heterocycles. The zero-order valence-electron chi connectivity index (χ0n) is 10.4. The number of nitrogens with one attached hydrogen (secondary N) is 1. The van der Waals surface area contributed by atoms with Crippen LogP contribution in [0.5, 0.6) is 0 Å². The summed E-state index contributed by atoms with van der Waals surface area (Å²) in [6, 6.07) is 0. The van der Waals surface area contributed by atoms with E-state index in [1.165, 1.54) is 0 Å². The van der Waals surface area contributed by atoms with Gasteiger partial charge in [-0.2, -0.15) is 0 Å². The second-order valence-corrected chi connectivity index (χ2v) is 5.84. The maximum atomic E-state index is 12.1. The van der Waals surface area contributed by atoms with E-state index in [-0.39, 0.29) is 5.41 Å². The minimum Gasteiger partial charge on any atom is -0.376 e. The van der Waals surface area contributed by atoms with Crippen molar-refractivity contribution in [2.75, 3.05) is 32.8 Å². The Bertz CT molecular complexity index is 294. The van der Waals surface area contributed by atoms with E-state index in [9.17, 15) is 4.79 Å². The van der Waals surface area contributed by atoms with Gasteiger partial charge in [0, 0.05) is 26.1 Å². The van der Waals surface area contributed by atoms with Crippen molar-refractivity contribution < 1.29 is 9.53 Å². The molecule has 0 bridgehead atoms. The molecule has 0 aromatic rings. The van der Waals surface area contributed by atoms with Gasteiger partial charge in [0.25, 0.3) is 0 Å². The molecule has 0 aromatic carbocycles. The SMILES string of the molecule is O=C1CC2(CCNCC2)CN1C[C@@H]1CCCO1. The third-order valence-electron chi connectivity index (χ3n) is 4.52. The van der Waals surface area contributed by atoms with Crippen molar-refractivity contribution in [3.63, 3.8) is 0 Å². The van der Waals surface area contributed by atoms with Crippen LogP contribution in [0.1, 0.15) is 32.1 Å². The van der Waals surface area contributed by atoms with E-state index in [2.05, 4.69) is 10.2 Å². The normalized spacial score (nSPS) is 32.6. The van der Waals surface area contributed by atoms with Crippen molar-refractivity contribution >= 4 is 5.91 Å². The lowest BCUT2D eigenvalue weighted by Gasteiger charge is -2.33. The number of piperidine rings is 1. The zero-order valence-corrected chi connectivity index (χ0v) is 10.4. The molecule has 0 saturated carbocycles. The first kappa shape index (κ1) is 11.5. The zero-order chi connectivity index (χ0) is 11.7. The van der Waals surface area contributed by atoms with Crippen LogP contribution in [0.2, 0.25) is 0 Å². The molecule has 1 spiro atoms. The number of carbonyl (C=O) groups is 1. The first-order valence-electron chi connectivity index (χ1n) is 6.88. The van der Waals surface area contributed by atoms with Crippen LogP contribution in [-0.4, -0.2) is 49.7 Å². The van der Waals surface area contributed by atoms with Crippen LogP contribution in [0.15, 0.2) is 0 Å². The molecule has 3 aliphatic rings. The molecule has 0 aliphatic carbocycles. The fourth-order valence-corrected chi connectivity index (χ4v) is 3.47. The maximum absolute atomic E-state index is 12.1. The summed E-state index contributed by atoms with van der Waals surface area (Å²) in [5, 5.41) is 3.38. The minimum absolute atomic E-state index is 0.279. The van der Waals surface area contributed by atoms with Crippen molar-refractivity contribution in [2.24, 2.45) is 5.41 Å². The molecule has 1 N–H and O–H groups in total. The quantitative estimate of drug-likeness (QED) is 0.772. The van der Waals surface area contributed by atoms with Gasteiger partial charge in [-0.15, -0.1) is 0 Å². The second kappa shape index (κ2) is 4.58. The Hall–Kier alpha value is -0.610. The summed E-state index contributed by atoms with van der Waals surface area (Å²) in [6.45, 7) is 4.81. The van der Waals surface area contributed by atoms with E-state index in [0.717, 1.165) is 64.9 Å². The molecule has 3 aliphatic heterocycles. The lowest BCUT2D eigenvalue weighted by Crippen LogP contribution is -2.40. The molecule has 0 unspecified atom stereocenters. The Balaban J connectivity index is 1.60. The maximum Gasteiger partial charge on any atom is 0.223 e. The Kier molecular flexibility index (Phi) is 3.09. The summed E-state index contributed by atoms with van der Waals surface area (Å²) in [5.41, 5.74) is 0.279. The topological polar surface area (TPSA) is 41.6 Å². The number of likely N-dealkylation sites (tertiary alicyclic amines) is 1. The molecule has 96 valence electrons. The molecule has 4 heteroatoms. The number of amides is 1. The summed E-state index contributed by atoms with van der Waals surface area (Å²) in [5.74, 6) is 0.349. The molecule has 0 radical (unpaired) electrons. The van der Waals surface area contributed by atoms with Crippen molar-refractivity contribution in [3.8, 4) is 0 Å². The van der Waals surface area contributed by atoms with Crippen molar-refractivity contribution in [3.05, 3.63) is 0 Å². The lowest BCUT2D eigenvalue weighted by molar-refractivity contribution is -0.129. The molecule has 1 atom stereocenters. The molecule has 1 amide bonds. The number of nitrogens with zero attached hydrogens (tertiary/aromatic N) is 1. The highest BCUT2D eigenvalue weighted by molar-refractivity contribution is 5.79. The highest BCUT2D eigenvalue weighted by Crippen LogP contribution is 2.39. The Morgan fingerprint density at radius 3 is 2.94 bits per heavy atom. The van der Waals surface area contributed by atoms with Gasteiger partial charge in [0.2, 0.25) is 5.91 Å². The fourth-order valence-electron chi connectivity index (χ4n) is 3.47. The van der Waals surface area contributed by atoms with Crippen LogP contribution in [0, 0.1) is 5.41 Å². The molecular formula is C13H22N2O2. The molecule has 17 heavy (non-hydrogen) atoms. The van der Waals surface area contributed by atoms with Crippen LogP contribution in [-0.2, 0) is 9.53 Å².